The van der Waals surface area contributed by atoms with E-state index in [9.17, 15) is 24.0 Å². The van der Waals surface area contributed by atoms with Crippen LogP contribution in [0.15, 0.2) is 73.2 Å². The minimum absolute atomic E-state index is 0.0236. The Morgan fingerprint density at radius 1 is 0.975 bits per heavy atom. The van der Waals surface area contributed by atoms with Gasteiger partial charge < -0.3 is 25.1 Å². The normalized spacial score (nSPS) is 15.2. The number of esters is 1. The third-order valence-electron chi connectivity index (χ3n) is 6.18. The molecule has 0 saturated carbocycles. The van der Waals surface area contributed by atoms with Gasteiger partial charge in [-0.25, -0.2) is 14.7 Å². The second kappa shape index (κ2) is 13.7. The Hall–Kier alpha value is -5.00. The van der Waals surface area contributed by atoms with Gasteiger partial charge in [-0.05, 0) is 17.5 Å². The molecule has 2 atom stereocenters. The number of H-pyrrole nitrogens is 1. The third kappa shape index (κ3) is 7.76. The smallest absolute Gasteiger partial charge is 0.417 e. The summed E-state index contributed by atoms with van der Waals surface area (Å²) < 4.78 is 10.4. The van der Waals surface area contributed by atoms with Gasteiger partial charge in [0.25, 0.3) is 0 Å². The van der Waals surface area contributed by atoms with Crippen molar-refractivity contribution in [3.63, 3.8) is 0 Å². The number of rotatable bonds is 11. The van der Waals surface area contributed by atoms with Crippen LogP contribution in [0.1, 0.15) is 29.7 Å². The van der Waals surface area contributed by atoms with Gasteiger partial charge in [0.15, 0.2) is 0 Å². The molecule has 3 aromatic rings. The van der Waals surface area contributed by atoms with Crippen molar-refractivity contribution >= 4 is 29.8 Å². The van der Waals surface area contributed by atoms with E-state index in [1.807, 2.05) is 24.3 Å². The lowest BCUT2D eigenvalue weighted by Gasteiger charge is -2.24. The first-order valence-electron chi connectivity index (χ1n) is 12.7. The van der Waals surface area contributed by atoms with E-state index in [1.165, 1.54) is 12.5 Å². The van der Waals surface area contributed by atoms with Gasteiger partial charge in [0.2, 0.25) is 17.7 Å². The Balaban J connectivity index is 1.35. The molecule has 4 amide bonds. The van der Waals surface area contributed by atoms with Gasteiger partial charge in [-0.3, -0.25) is 19.2 Å². The first-order valence-corrected chi connectivity index (χ1v) is 12.7. The fourth-order valence-electron chi connectivity index (χ4n) is 4.11. The molecular formula is C28H29N5O7. The van der Waals surface area contributed by atoms with E-state index >= 15 is 0 Å². The first-order chi connectivity index (χ1) is 19.4. The van der Waals surface area contributed by atoms with Crippen LogP contribution in [0.4, 0.5) is 4.79 Å². The van der Waals surface area contributed by atoms with Crippen molar-refractivity contribution in [3.8, 4) is 0 Å². The molecule has 2 aromatic carbocycles. The number of carbonyl (C=O) groups excluding carboxylic acids is 5. The minimum atomic E-state index is -1.15. The van der Waals surface area contributed by atoms with Crippen molar-refractivity contribution < 1.29 is 33.4 Å². The standard InChI is InChI=1S/C28H29N5O7/c34-24-12-11-23(33(24)28(38)40-17-20-9-5-2-6-10-20)27(37)32-22(13-21-14-29-18-31-21)26(36)30-15-25(35)39-16-19-7-3-1-4-8-19/h1-10,14,18,22-23H,11-13,15-17H2,(H,29,31)(H,30,36)(H,32,37)/t22-,23-/m0/s1. The number of likely N-dealkylation sites (tertiary alicyclic amines) is 1. The summed E-state index contributed by atoms with van der Waals surface area (Å²) in [6.07, 6.45) is 2.05. The second-order valence-electron chi connectivity index (χ2n) is 9.06. The molecule has 1 aliphatic heterocycles. The van der Waals surface area contributed by atoms with Crippen LogP contribution in [0.25, 0.3) is 0 Å². The Bertz CT molecular complexity index is 1320. The van der Waals surface area contributed by atoms with Crippen LogP contribution in [-0.2, 0) is 48.3 Å². The molecule has 3 N–H and O–H groups in total. The van der Waals surface area contributed by atoms with Gasteiger partial charge in [0.1, 0.15) is 31.8 Å². The molecule has 4 rings (SSSR count). The van der Waals surface area contributed by atoms with Crippen LogP contribution in [0.2, 0.25) is 0 Å². The van der Waals surface area contributed by atoms with E-state index in [1.54, 1.807) is 36.4 Å². The van der Waals surface area contributed by atoms with Gasteiger partial charge in [-0.2, -0.15) is 0 Å². The van der Waals surface area contributed by atoms with E-state index in [2.05, 4.69) is 20.6 Å². The number of ether oxygens (including phenoxy) is 2. The van der Waals surface area contributed by atoms with Crippen molar-refractivity contribution in [1.29, 1.82) is 0 Å². The van der Waals surface area contributed by atoms with Gasteiger partial charge in [-0.1, -0.05) is 60.7 Å². The summed E-state index contributed by atoms with van der Waals surface area (Å²) in [4.78, 5) is 71.1. The molecular weight excluding hydrogens is 518 g/mol. The first kappa shape index (κ1) is 28.0. The maximum atomic E-state index is 13.2. The number of imide groups is 1. The zero-order chi connectivity index (χ0) is 28.3. The van der Waals surface area contributed by atoms with Crippen molar-refractivity contribution in [3.05, 3.63) is 90.0 Å². The Labute approximate surface area is 230 Å². The van der Waals surface area contributed by atoms with Gasteiger partial charge in [0.05, 0.1) is 6.33 Å². The quantitative estimate of drug-likeness (QED) is 0.305. The third-order valence-corrected chi connectivity index (χ3v) is 6.18. The Morgan fingerprint density at radius 3 is 2.25 bits per heavy atom. The number of carbonyl (C=O) groups is 5. The fraction of sp³-hybridized carbons (Fsp3) is 0.286. The van der Waals surface area contributed by atoms with Crippen molar-refractivity contribution in [2.24, 2.45) is 0 Å². The molecule has 1 saturated heterocycles. The molecule has 12 heteroatoms. The highest BCUT2D eigenvalue weighted by atomic mass is 16.6. The highest BCUT2D eigenvalue weighted by Gasteiger charge is 2.42. The summed E-state index contributed by atoms with van der Waals surface area (Å²) >= 11 is 0. The molecule has 0 unspecified atom stereocenters. The molecule has 208 valence electrons. The predicted molar refractivity (Wildman–Crippen MR) is 140 cm³/mol. The molecule has 2 heterocycles. The number of aromatic nitrogens is 2. The number of benzene rings is 2. The summed E-state index contributed by atoms with van der Waals surface area (Å²) in [5.74, 6) is -2.55. The largest absolute Gasteiger partial charge is 0.460 e. The summed E-state index contributed by atoms with van der Waals surface area (Å²) in [7, 11) is 0. The van der Waals surface area contributed by atoms with Crippen LogP contribution < -0.4 is 10.6 Å². The van der Waals surface area contributed by atoms with E-state index in [-0.39, 0.29) is 32.5 Å². The molecule has 0 radical (unpaired) electrons. The molecule has 12 nitrogen and oxygen atoms in total. The van der Waals surface area contributed by atoms with Gasteiger partial charge in [0, 0.05) is 24.7 Å². The highest BCUT2D eigenvalue weighted by Crippen LogP contribution is 2.21. The zero-order valence-electron chi connectivity index (χ0n) is 21.6. The van der Waals surface area contributed by atoms with Crippen LogP contribution >= 0.6 is 0 Å². The number of nitrogens with one attached hydrogen (secondary N) is 3. The lowest BCUT2D eigenvalue weighted by Crippen LogP contribution is -2.55. The second-order valence-corrected chi connectivity index (χ2v) is 9.06. The molecule has 0 spiro atoms. The van der Waals surface area contributed by atoms with Gasteiger partial charge in [-0.15, -0.1) is 0 Å². The average Bonchev–Trinajstić information content (AvgIpc) is 3.63. The Morgan fingerprint density at radius 2 is 1.62 bits per heavy atom. The van der Waals surface area contributed by atoms with Crippen LogP contribution in [0.3, 0.4) is 0 Å². The van der Waals surface area contributed by atoms with Crippen molar-refractivity contribution in [2.75, 3.05) is 6.54 Å². The number of amides is 4. The zero-order valence-corrected chi connectivity index (χ0v) is 21.6. The maximum absolute atomic E-state index is 13.2. The van der Waals surface area contributed by atoms with E-state index in [0.29, 0.717) is 5.69 Å². The number of imidazole rings is 1. The Kier molecular flexibility index (Phi) is 9.59. The number of nitrogens with zero attached hydrogens (tertiary/aromatic N) is 2. The number of aromatic amines is 1. The topological polar surface area (TPSA) is 160 Å². The molecule has 1 aliphatic rings. The molecule has 0 aliphatic carbocycles. The number of hydrogen-bond acceptors (Lipinski definition) is 8. The lowest BCUT2D eigenvalue weighted by molar-refractivity contribution is -0.145. The maximum Gasteiger partial charge on any atom is 0.417 e. The monoisotopic (exact) mass is 547 g/mol. The SMILES string of the molecule is O=C(CNC(=O)[C@H](Cc1cnc[nH]1)NC(=O)[C@@H]1CCC(=O)N1C(=O)OCc1ccccc1)OCc1ccccc1. The molecule has 1 aromatic heterocycles. The van der Waals surface area contributed by atoms with Gasteiger partial charge >= 0.3 is 12.1 Å². The van der Waals surface area contributed by atoms with Crippen molar-refractivity contribution in [1.82, 2.24) is 25.5 Å². The highest BCUT2D eigenvalue weighted by molar-refractivity contribution is 6.01. The minimum Gasteiger partial charge on any atom is -0.460 e. The van der Waals surface area contributed by atoms with E-state index in [4.69, 9.17) is 9.47 Å². The lowest BCUT2D eigenvalue weighted by atomic mass is 10.1. The van der Waals surface area contributed by atoms with Crippen LogP contribution in [0, 0.1) is 0 Å². The average molecular weight is 548 g/mol. The summed E-state index contributed by atoms with van der Waals surface area (Å²) in [5.41, 5.74) is 2.07. The molecule has 1 fully saturated rings. The van der Waals surface area contributed by atoms with Crippen LogP contribution in [0.5, 0.6) is 0 Å². The molecule has 0 bridgehead atoms. The fourth-order valence-corrected chi connectivity index (χ4v) is 4.11. The molecule has 40 heavy (non-hydrogen) atoms. The van der Waals surface area contributed by atoms with E-state index < -0.39 is 48.4 Å². The summed E-state index contributed by atoms with van der Waals surface area (Å²) in [5, 5.41) is 5.08. The van der Waals surface area contributed by atoms with Crippen molar-refractivity contribution in [2.45, 2.75) is 44.6 Å². The predicted octanol–water partition coefficient (Wildman–Crippen LogP) is 1.62. The number of hydrogen-bond donors (Lipinski definition) is 3. The van der Waals surface area contributed by atoms with E-state index in [0.717, 1.165) is 16.0 Å². The summed E-state index contributed by atoms with van der Waals surface area (Å²) in [6, 6.07) is 15.7. The summed E-state index contributed by atoms with van der Waals surface area (Å²) in [6.45, 7) is -0.431. The van der Waals surface area contributed by atoms with Crippen LogP contribution in [-0.4, -0.2) is 63.3 Å².